The monoisotopic (exact) mass is 682 g/mol. The second-order valence-electron chi connectivity index (χ2n) is 12.0. The van der Waals surface area contributed by atoms with Gasteiger partial charge < -0.3 is 10.5 Å². The highest BCUT2D eigenvalue weighted by Gasteiger charge is 2.33. The minimum absolute atomic E-state index is 0.0574. The molecule has 0 amide bonds. The Labute approximate surface area is 277 Å². The van der Waals surface area contributed by atoms with Crippen molar-refractivity contribution in [2.24, 2.45) is 10.7 Å². The van der Waals surface area contributed by atoms with E-state index in [4.69, 9.17) is 15.9 Å². The summed E-state index contributed by atoms with van der Waals surface area (Å²) >= 11 is 1.32. The van der Waals surface area contributed by atoms with Crippen molar-refractivity contribution in [2.75, 3.05) is 19.8 Å². The van der Waals surface area contributed by atoms with E-state index in [0.717, 1.165) is 17.4 Å². The Bertz CT molecular complexity index is 1990. The van der Waals surface area contributed by atoms with Crippen molar-refractivity contribution in [3.63, 3.8) is 0 Å². The fourth-order valence-electron chi connectivity index (χ4n) is 5.58. The molecule has 0 atom stereocenters. The highest BCUT2D eigenvalue weighted by molar-refractivity contribution is 7.99. The van der Waals surface area contributed by atoms with Crippen LogP contribution in [0.2, 0.25) is 0 Å². The van der Waals surface area contributed by atoms with Gasteiger partial charge in [-0.25, -0.2) is 18.1 Å². The molecule has 0 saturated carbocycles. The second kappa shape index (κ2) is 13.4. The minimum atomic E-state index is -4.46. The van der Waals surface area contributed by atoms with Crippen LogP contribution in [0.25, 0.3) is 21.9 Å². The van der Waals surface area contributed by atoms with Crippen LogP contribution in [0.3, 0.4) is 0 Å². The lowest BCUT2D eigenvalue weighted by Crippen LogP contribution is -2.27. The van der Waals surface area contributed by atoms with Crippen molar-refractivity contribution >= 4 is 44.2 Å². The molecule has 4 N–H and O–H groups in total. The van der Waals surface area contributed by atoms with Crippen molar-refractivity contribution in [1.29, 1.82) is 5.41 Å². The Morgan fingerprint density at radius 1 is 0.979 bits per heavy atom. The molecule has 1 aliphatic rings. The number of amidine groups is 2. The Kier molecular flexibility index (Phi) is 9.89. The van der Waals surface area contributed by atoms with Gasteiger partial charge in [0.1, 0.15) is 5.84 Å². The number of nitrogens with two attached hydrogens (primary N) is 1. The van der Waals surface area contributed by atoms with Crippen LogP contribution in [0.15, 0.2) is 86.4 Å². The van der Waals surface area contributed by atoms with E-state index in [0.29, 0.717) is 44.0 Å². The van der Waals surface area contributed by atoms with Crippen LogP contribution in [-0.4, -0.2) is 46.0 Å². The van der Waals surface area contributed by atoms with E-state index >= 15 is 0 Å². The summed E-state index contributed by atoms with van der Waals surface area (Å²) in [6.07, 6.45) is -4.81. The smallest absolute Gasteiger partial charge is 0.383 e. The van der Waals surface area contributed by atoms with Gasteiger partial charge in [0.25, 0.3) is 0 Å². The van der Waals surface area contributed by atoms with Gasteiger partial charge in [-0.1, -0.05) is 68.9 Å². The number of aliphatic imine (C=N–C) groups is 1. The van der Waals surface area contributed by atoms with Crippen molar-refractivity contribution in [1.82, 2.24) is 4.72 Å². The number of nitrogens with one attached hydrogen (secondary N) is 2. The number of hydrogen-bond acceptors (Lipinski definition) is 6. The largest absolute Gasteiger partial charge is 0.393 e. The lowest BCUT2D eigenvalue weighted by Gasteiger charge is -2.26. The normalized spacial score (nSPS) is 13.7. The number of alkyl halides is 3. The molecule has 0 spiro atoms. The average molecular weight is 683 g/mol. The summed E-state index contributed by atoms with van der Waals surface area (Å²) in [5, 5.41) is 9.94. The van der Waals surface area contributed by atoms with E-state index in [2.05, 4.69) is 30.5 Å². The molecule has 0 aromatic heterocycles. The van der Waals surface area contributed by atoms with E-state index < -0.39 is 22.6 Å². The summed E-state index contributed by atoms with van der Waals surface area (Å²) in [6.45, 7) is 8.96. The van der Waals surface area contributed by atoms with Crippen molar-refractivity contribution in [3.05, 3.63) is 89.0 Å². The molecule has 0 aliphatic carbocycles. The summed E-state index contributed by atoms with van der Waals surface area (Å²) in [7, 11) is -3.83. The van der Waals surface area contributed by atoms with Gasteiger partial charge in [-0.05, 0) is 71.2 Å². The van der Waals surface area contributed by atoms with Gasteiger partial charge in [-0.15, -0.1) is 0 Å². The first kappa shape index (κ1) is 34.6. The minimum Gasteiger partial charge on any atom is -0.383 e. The van der Waals surface area contributed by atoms with E-state index in [9.17, 15) is 21.6 Å². The van der Waals surface area contributed by atoms with Crippen molar-refractivity contribution in [3.8, 4) is 11.1 Å². The van der Waals surface area contributed by atoms with E-state index in [1.54, 1.807) is 36.4 Å². The van der Waals surface area contributed by atoms with Crippen LogP contribution in [0, 0.1) is 5.41 Å². The molecule has 0 radical (unpaired) electrons. The van der Waals surface area contributed by atoms with Crippen LogP contribution in [0.5, 0.6) is 0 Å². The van der Waals surface area contributed by atoms with Crippen LogP contribution in [0.4, 0.5) is 13.2 Å². The molecule has 4 aromatic rings. The number of ether oxygens (including phenoxy) is 1. The second-order valence-corrected chi connectivity index (χ2v) is 14.8. The predicted octanol–water partition coefficient (Wildman–Crippen LogP) is 7.81. The summed E-state index contributed by atoms with van der Waals surface area (Å²) in [5.74, 6) is 0.00176. The topological polar surface area (TPSA) is 118 Å². The first-order valence-corrected chi connectivity index (χ1v) is 17.5. The lowest BCUT2D eigenvalue weighted by atomic mass is 9.80. The number of sulfonamides is 1. The van der Waals surface area contributed by atoms with Gasteiger partial charge in [0.15, 0.2) is 5.84 Å². The molecule has 7 nitrogen and oxygen atoms in total. The third-order valence-electron chi connectivity index (χ3n) is 8.37. The third kappa shape index (κ3) is 7.40. The predicted molar refractivity (Wildman–Crippen MR) is 182 cm³/mol. The molecular weight excluding hydrogens is 646 g/mol. The molecule has 1 heterocycles. The Morgan fingerprint density at radius 2 is 1.72 bits per heavy atom. The van der Waals surface area contributed by atoms with E-state index in [-0.39, 0.29) is 40.7 Å². The zero-order chi connectivity index (χ0) is 34.1. The standard InChI is InChI=1S/C35H37F3N4O3S2/c1-5-34(3,4)23-16-22-17-27-31(33(40)42-32(27)39)30(26-13-8-7-10-21(26)20-35(36,37)38)29(22)28(18-23)46-24-11-9-12-25(19-24)47(43,44)41-14-15-45-6-2/h7-13,16-19,41H,5-6,14-15,20H2,1-4H3,(H3,39,40,42). The quantitative estimate of drug-likeness (QED) is 0.132. The van der Waals surface area contributed by atoms with Crippen molar-refractivity contribution in [2.45, 2.75) is 66.8 Å². The van der Waals surface area contributed by atoms with E-state index in [1.807, 2.05) is 25.1 Å². The van der Waals surface area contributed by atoms with Crippen LogP contribution < -0.4 is 10.5 Å². The van der Waals surface area contributed by atoms with Gasteiger partial charge in [0.05, 0.1) is 17.9 Å². The first-order chi connectivity index (χ1) is 22.1. The number of fused-ring (bicyclic) bond motifs is 2. The van der Waals surface area contributed by atoms with Gasteiger partial charge in [0.2, 0.25) is 10.0 Å². The van der Waals surface area contributed by atoms with Crippen LogP contribution in [0.1, 0.15) is 56.4 Å². The van der Waals surface area contributed by atoms with E-state index in [1.165, 1.54) is 23.9 Å². The molecule has 0 saturated heterocycles. The molecule has 5 rings (SSSR count). The summed E-state index contributed by atoms with van der Waals surface area (Å²) < 4.78 is 75.6. The molecule has 4 aromatic carbocycles. The SMILES string of the molecule is CCOCCNS(=O)(=O)c1cccc(Sc2cc(C(C)(C)CC)cc3cc4c(c(-c5ccccc5CC(F)(F)F)c23)C(N)=NC4=N)c1. The Hall–Kier alpha value is -3.71. The molecule has 0 unspecified atom stereocenters. The number of nitrogens with zero attached hydrogens (tertiary/aromatic N) is 1. The number of hydrogen-bond donors (Lipinski definition) is 3. The lowest BCUT2D eigenvalue weighted by molar-refractivity contribution is -0.127. The molecular formula is C35H37F3N4O3S2. The van der Waals surface area contributed by atoms with Gasteiger partial charge >= 0.3 is 6.18 Å². The first-order valence-electron chi connectivity index (χ1n) is 15.2. The van der Waals surface area contributed by atoms with Crippen molar-refractivity contribution < 1.29 is 26.3 Å². The Balaban J connectivity index is 1.77. The fourth-order valence-corrected chi connectivity index (χ4v) is 7.81. The van der Waals surface area contributed by atoms with Crippen LogP contribution >= 0.6 is 11.8 Å². The molecule has 12 heteroatoms. The maximum Gasteiger partial charge on any atom is 0.393 e. The number of rotatable bonds is 12. The highest BCUT2D eigenvalue weighted by atomic mass is 32.2. The Morgan fingerprint density at radius 3 is 2.43 bits per heavy atom. The molecule has 47 heavy (non-hydrogen) atoms. The van der Waals surface area contributed by atoms with Crippen LogP contribution in [-0.2, 0) is 26.6 Å². The van der Waals surface area contributed by atoms with Gasteiger partial charge in [-0.3, -0.25) is 5.41 Å². The molecule has 248 valence electrons. The average Bonchev–Trinajstić information content (AvgIpc) is 3.30. The molecule has 0 bridgehead atoms. The van der Waals surface area contributed by atoms with Gasteiger partial charge in [-0.2, -0.15) is 13.2 Å². The molecule has 0 fully saturated rings. The summed E-state index contributed by atoms with van der Waals surface area (Å²) in [4.78, 5) is 5.62. The number of benzene rings is 4. The maximum atomic E-state index is 13.9. The summed E-state index contributed by atoms with van der Waals surface area (Å²) in [5.41, 5.74) is 8.85. The summed E-state index contributed by atoms with van der Waals surface area (Å²) in [6, 6.07) is 18.8. The zero-order valence-electron chi connectivity index (χ0n) is 26.6. The molecule has 1 aliphatic heterocycles. The number of halogens is 3. The zero-order valence-corrected chi connectivity index (χ0v) is 28.2. The van der Waals surface area contributed by atoms with Gasteiger partial charge in [0, 0.05) is 45.0 Å². The fraction of sp³-hybridized carbons (Fsp3) is 0.314. The highest BCUT2D eigenvalue weighted by Crippen LogP contribution is 2.47. The maximum absolute atomic E-state index is 13.9. The third-order valence-corrected chi connectivity index (χ3v) is 10.9.